The van der Waals surface area contributed by atoms with Crippen LogP contribution >= 0.6 is 11.8 Å². The van der Waals surface area contributed by atoms with Crippen LogP contribution in [0, 0.1) is 0 Å². The van der Waals surface area contributed by atoms with Crippen LogP contribution in [0.25, 0.3) is 0 Å². The van der Waals surface area contributed by atoms with Crippen molar-refractivity contribution in [3.05, 3.63) is 41.7 Å². The Hall–Kier alpha value is -1.86. The third-order valence-corrected chi connectivity index (χ3v) is 4.72. The fraction of sp³-hybridized carbons (Fsp3) is 0.400. The summed E-state index contributed by atoms with van der Waals surface area (Å²) in [5.41, 5.74) is 1.83. The summed E-state index contributed by atoms with van der Waals surface area (Å²) in [4.78, 5) is 21.0. The normalized spacial score (nSPS) is 16.0. The van der Waals surface area contributed by atoms with E-state index in [2.05, 4.69) is 27.1 Å². The molecule has 2 aromatic rings. The lowest BCUT2D eigenvalue weighted by atomic mass is 10.1. The van der Waals surface area contributed by atoms with Crippen LogP contribution in [0.3, 0.4) is 0 Å². The van der Waals surface area contributed by atoms with Gasteiger partial charge in [-0.2, -0.15) is 5.10 Å². The van der Waals surface area contributed by atoms with Gasteiger partial charge in [0.25, 0.3) is 5.91 Å². The number of carbonyl (C=O) groups excluding carboxylic acids is 1. The molecule has 0 radical (unpaired) electrons. The zero-order valence-electron chi connectivity index (χ0n) is 12.5. The molecule has 1 saturated heterocycles. The summed E-state index contributed by atoms with van der Waals surface area (Å²) in [5.74, 6) is 0.826. The van der Waals surface area contributed by atoms with Crippen LogP contribution in [0.5, 0.6) is 0 Å². The number of hydrogen-bond donors (Lipinski definition) is 1. The van der Waals surface area contributed by atoms with Crippen molar-refractivity contribution in [2.24, 2.45) is 0 Å². The van der Waals surface area contributed by atoms with Crippen LogP contribution < -0.4 is 0 Å². The van der Waals surface area contributed by atoms with E-state index in [1.54, 1.807) is 11.8 Å². The Morgan fingerprint density at radius 2 is 2.05 bits per heavy atom. The van der Waals surface area contributed by atoms with E-state index >= 15 is 0 Å². The lowest BCUT2D eigenvalue weighted by Gasteiger charge is -2.32. The van der Waals surface area contributed by atoms with E-state index in [9.17, 15) is 4.79 Å². The maximum Gasteiger partial charge on any atom is 0.254 e. The Bertz CT molecular complexity index is 623. The van der Waals surface area contributed by atoms with Gasteiger partial charge in [0, 0.05) is 37.5 Å². The Kier molecular flexibility index (Phi) is 4.74. The van der Waals surface area contributed by atoms with Crippen molar-refractivity contribution in [3.63, 3.8) is 0 Å². The van der Waals surface area contributed by atoms with Crippen LogP contribution in [0.2, 0.25) is 0 Å². The molecule has 0 aliphatic carbocycles. The summed E-state index contributed by atoms with van der Waals surface area (Å²) < 4.78 is 0. The van der Waals surface area contributed by atoms with Crippen molar-refractivity contribution in [1.82, 2.24) is 25.0 Å². The molecule has 3 rings (SSSR count). The topological polar surface area (TPSA) is 65.1 Å². The van der Waals surface area contributed by atoms with Gasteiger partial charge < -0.3 is 9.80 Å². The first-order valence-corrected chi connectivity index (χ1v) is 8.26. The smallest absolute Gasteiger partial charge is 0.254 e. The molecule has 22 heavy (non-hydrogen) atoms. The number of hydrogen-bond acceptors (Lipinski definition) is 5. The van der Waals surface area contributed by atoms with Gasteiger partial charge in [0.15, 0.2) is 5.16 Å². The minimum Gasteiger partial charge on any atom is -0.336 e. The average Bonchev–Trinajstić information content (AvgIpc) is 3.07. The Morgan fingerprint density at radius 3 is 2.77 bits per heavy atom. The van der Waals surface area contributed by atoms with Crippen LogP contribution in [-0.4, -0.2) is 64.1 Å². The number of amides is 1. The van der Waals surface area contributed by atoms with Gasteiger partial charge in [-0.05, 0) is 18.7 Å². The minimum atomic E-state index is 0.127. The van der Waals surface area contributed by atoms with Gasteiger partial charge in [-0.25, -0.2) is 4.98 Å². The molecule has 0 spiro atoms. The van der Waals surface area contributed by atoms with Crippen molar-refractivity contribution < 1.29 is 4.79 Å². The second-order valence-corrected chi connectivity index (χ2v) is 6.30. The first kappa shape index (κ1) is 15.1. The predicted octanol–water partition coefficient (Wildman–Crippen LogP) is 1.48. The maximum absolute atomic E-state index is 12.8. The van der Waals surface area contributed by atoms with Gasteiger partial charge in [0.05, 0.1) is 0 Å². The van der Waals surface area contributed by atoms with Gasteiger partial charge >= 0.3 is 0 Å². The van der Waals surface area contributed by atoms with Crippen molar-refractivity contribution in [2.45, 2.75) is 10.9 Å². The number of nitrogens with one attached hydrogen (secondary N) is 1. The van der Waals surface area contributed by atoms with Crippen LogP contribution in [0.4, 0.5) is 0 Å². The Morgan fingerprint density at radius 1 is 1.27 bits per heavy atom. The third-order valence-electron chi connectivity index (χ3n) is 3.80. The van der Waals surface area contributed by atoms with E-state index in [0.29, 0.717) is 5.75 Å². The van der Waals surface area contributed by atoms with Crippen molar-refractivity contribution in [1.29, 1.82) is 0 Å². The van der Waals surface area contributed by atoms with Gasteiger partial charge in [-0.3, -0.25) is 9.89 Å². The summed E-state index contributed by atoms with van der Waals surface area (Å²) in [6.45, 7) is 3.44. The van der Waals surface area contributed by atoms with E-state index < -0.39 is 0 Å². The fourth-order valence-electron chi connectivity index (χ4n) is 2.44. The predicted molar refractivity (Wildman–Crippen MR) is 85.8 cm³/mol. The van der Waals surface area contributed by atoms with E-state index in [0.717, 1.165) is 42.5 Å². The molecule has 1 aliphatic rings. The molecule has 116 valence electrons. The molecule has 1 aromatic carbocycles. The SMILES string of the molecule is CN1CCN(C(=O)c2ccccc2CSc2ncn[nH]2)CC1. The van der Waals surface area contributed by atoms with Crippen LogP contribution in [0.1, 0.15) is 15.9 Å². The number of benzene rings is 1. The molecule has 6 nitrogen and oxygen atoms in total. The monoisotopic (exact) mass is 317 g/mol. The molecule has 1 aromatic heterocycles. The largest absolute Gasteiger partial charge is 0.336 e. The summed E-state index contributed by atoms with van der Waals surface area (Å²) in [7, 11) is 2.09. The minimum absolute atomic E-state index is 0.127. The first-order valence-electron chi connectivity index (χ1n) is 7.28. The number of rotatable bonds is 4. The Labute approximate surface area is 133 Å². The van der Waals surface area contributed by atoms with Crippen LogP contribution in [0.15, 0.2) is 35.7 Å². The lowest BCUT2D eigenvalue weighted by Crippen LogP contribution is -2.47. The summed E-state index contributed by atoms with van der Waals surface area (Å²) in [6.07, 6.45) is 1.49. The zero-order chi connectivity index (χ0) is 15.4. The average molecular weight is 317 g/mol. The summed E-state index contributed by atoms with van der Waals surface area (Å²) in [5, 5.41) is 7.43. The zero-order valence-corrected chi connectivity index (χ0v) is 13.3. The second kappa shape index (κ2) is 6.93. The summed E-state index contributed by atoms with van der Waals surface area (Å²) in [6, 6.07) is 7.81. The lowest BCUT2D eigenvalue weighted by molar-refractivity contribution is 0.0663. The van der Waals surface area contributed by atoms with Crippen LogP contribution in [-0.2, 0) is 5.75 Å². The molecule has 1 amide bonds. The number of carbonyl (C=O) groups is 1. The molecule has 1 aliphatic heterocycles. The molecule has 0 saturated carbocycles. The van der Waals surface area contributed by atoms with E-state index in [1.165, 1.54) is 6.33 Å². The number of aromatic nitrogens is 3. The van der Waals surface area contributed by atoms with E-state index in [-0.39, 0.29) is 5.91 Å². The number of nitrogens with zero attached hydrogens (tertiary/aromatic N) is 4. The van der Waals surface area contributed by atoms with E-state index in [1.807, 2.05) is 29.2 Å². The quantitative estimate of drug-likeness (QED) is 0.866. The third kappa shape index (κ3) is 3.48. The molecule has 0 atom stereocenters. The highest BCUT2D eigenvalue weighted by molar-refractivity contribution is 7.98. The molecular formula is C15H19N5OS. The molecule has 7 heteroatoms. The highest BCUT2D eigenvalue weighted by Gasteiger charge is 2.22. The molecule has 1 N–H and O–H groups in total. The van der Waals surface area contributed by atoms with Crippen molar-refractivity contribution >= 4 is 17.7 Å². The molecule has 0 unspecified atom stereocenters. The highest BCUT2D eigenvalue weighted by atomic mass is 32.2. The van der Waals surface area contributed by atoms with Gasteiger partial charge in [-0.1, -0.05) is 30.0 Å². The molecular weight excluding hydrogens is 298 g/mol. The van der Waals surface area contributed by atoms with Gasteiger partial charge in [0.1, 0.15) is 6.33 Å². The maximum atomic E-state index is 12.8. The number of aromatic amines is 1. The van der Waals surface area contributed by atoms with E-state index in [4.69, 9.17) is 0 Å². The van der Waals surface area contributed by atoms with Gasteiger partial charge in [-0.15, -0.1) is 0 Å². The Balaban J connectivity index is 1.71. The number of piperazine rings is 1. The molecule has 0 bridgehead atoms. The number of likely N-dealkylation sites (N-methyl/N-ethyl adjacent to an activating group) is 1. The first-order chi connectivity index (χ1) is 10.7. The summed E-state index contributed by atoms with van der Waals surface area (Å²) >= 11 is 1.55. The van der Waals surface area contributed by atoms with Crippen molar-refractivity contribution in [3.8, 4) is 0 Å². The molecule has 1 fully saturated rings. The van der Waals surface area contributed by atoms with Gasteiger partial charge in [0.2, 0.25) is 0 Å². The fourth-order valence-corrected chi connectivity index (χ4v) is 3.23. The standard InChI is InChI=1S/C15H19N5OS/c1-19-6-8-20(9-7-19)14(21)13-5-3-2-4-12(13)10-22-15-16-11-17-18-15/h2-5,11H,6-10H2,1H3,(H,16,17,18). The number of H-pyrrole nitrogens is 1. The second-order valence-electron chi connectivity index (χ2n) is 5.33. The highest BCUT2D eigenvalue weighted by Crippen LogP contribution is 2.22. The molecule has 2 heterocycles. The number of thioether (sulfide) groups is 1. The van der Waals surface area contributed by atoms with Crippen molar-refractivity contribution in [2.75, 3.05) is 33.2 Å².